The van der Waals surface area contributed by atoms with Crippen LogP contribution in [0.3, 0.4) is 0 Å². The molecule has 0 bridgehead atoms. The third-order valence-corrected chi connectivity index (χ3v) is 6.96. The Morgan fingerprint density at radius 2 is 2.00 bits per heavy atom. The van der Waals surface area contributed by atoms with Crippen LogP contribution in [0.2, 0.25) is 0 Å². The molecule has 1 heterocycles. The largest absolute Gasteiger partial charge is 0.336 e. The number of nitriles is 1. The second-order valence-electron chi connectivity index (χ2n) is 6.09. The normalized spacial score (nSPS) is 16.0. The molecule has 0 spiro atoms. The van der Waals surface area contributed by atoms with Gasteiger partial charge in [-0.2, -0.15) is 5.26 Å². The van der Waals surface area contributed by atoms with Crippen LogP contribution in [0, 0.1) is 11.3 Å². The lowest BCUT2D eigenvalue weighted by Crippen LogP contribution is -2.50. The predicted octanol–water partition coefficient (Wildman–Crippen LogP) is 2.29. The molecule has 1 fully saturated rings. The Morgan fingerprint density at radius 1 is 1.31 bits per heavy atom. The molecule has 1 aliphatic carbocycles. The van der Waals surface area contributed by atoms with Crippen molar-refractivity contribution >= 4 is 32.4 Å². The number of rotatable bonds is 6. The highest BCUT2D eigenvalue weighted by atomic mass is 32.2. The maximum absolute atomic E-state index is 13.0. The molecule has 0 atom stereocenters. The average molecular weight is 390 g/mol. The second kappa shape index (κ2) is 7.43. The summed E-state index contributed by atoms with van der Waals surface area (Å²) in [5.74, 6) is -0.511. The summed E-state index contributed by atoms with van der Waals surface area (Å²) in [5.41, 5.74) is -0.901. The standard InChI is InChI=1S/C17H18N4O3S2/c18-13-17(8-4-5-9-17)20-15(22)12-21(16-19-10-11-25-16)26(23,24)14-6-2-1-3-7-14/h1-3,6-7,10-11H,4-5,8-9,12H2,(H,20,22). The Labute approximate surface area is 156 Å². The summed E-state index contributed by atoms with van der Waals surface area (Å²) in [6, 6.07) is 10.1. The number of benzene rings is 1. The van der Waals surface area contributed by atoms with Crippen LogP contribution in [0.4, 0.5) is 5.13 Å². The molecule has 1 aliphatic rings. The molecule has 9 heteroatoms. The summed E-state index contributed by atoms with van der Waals surface area (Å²) in [7, 11) is -3.94. The van der Waals surface area contributed by atoms with Gasteiger partial charge >= 0.3 is 0 Å². The number of sulfonamides is 1. The summed E-state index contributed by atoms with van der Waals surface area (Å²) < 4.78 is 27.0. The van der Waals surface area contributed by atoms with E-state index in [1.807, 2.05) is 0 Å². The third kappa shape index (κ3) is 3.71. The van der Waals surface area contributed by atoms with Crippen LogP contribution in [0.5, 0.6) is 0 Å². The van der Waals surface area contributed by atoms with Gasteiger partial charge in [0.05, 0.1) is 11.0 Å². The molecule has 1 aromatic heterocycles. The molecule has 0 radical (unpaired) electrons. The number of anilines is 1. The topological polar surface area (TPSA) is 103 Å². The van der Waals surface area contributed by atoms with E-state index in [9.17, 15) is 18.5 Å². The highest BCUT2D eigenvalue weighted by molar-refractivity contribution is 7.93. The first kappa shape index (κ1) is 18.4. The molecular weight excluding hydrogens is 372 g/mol. The summed E-state index contributed by atoms with van der Waals surface area (Å²) in [4.78, 5) is 16.7. The van der Waals surface area contributed by atoms with Gasteiger partial charge in [-0.1, -0.05) is 18.2 Å². The molecule has 1 N–H and O–H groups in total. The van der Waals surface area contributed by atoms with Crippen LogP contribution in [0.1, 0.15) is 25.7 Å². The van der Waals surface area contributed by atoms with Crippen LogP contribution < -0.4 is 9.62 Å². The molecule has 3 rings (SSSR count). The lowest BCUT2D eigenvalue weighted by molar-refractivity contribution is -0.120. The van der Waals surface area contributed by atoms with E-state index in [-0.39, 0.29) is 10.0 Å². The molecular formula is C17H18N4O3S2. The van der Waals surface area contributed by atoms with Gasteiger partial charge < -0.3 is 5.32 Å². The number of nitrogens with zero attached hydrogens (tertiary/aromatic N) is 3. The zero-order valence-corrected chi connectivity index (χ0v) is 15.6. The van der Waals surface area contributed by atoms with Crippen molar-refractivity contribution in [2.24, 2.45) is 0 Å². The average Bonchev–Trinajstić information content (AvgIpc) is 3.33. The van der Waals surface area contributed by atoms with E-state index in [1.165, 1.54) is 18.3 Å². The van der Waals surface area contributed by atoms with Gasteiger partial charge in [-0.05, 0) is 37.8 Å². The Morgan fingerprint density at radius 3 is 2.58 bits per heavy atom. The SMILES string of the molecule is N#CC1(NC(=O)CN(c2nccs2)S(=O)(=O)c2ccccc2)CCCC1. The van der Waals surface area contributed by atoms with Crippen LogP contribution in [0.15, 0.2) is 46.8 Å². The number of carbonyl (C=O) groups excluding carboxylic acids is 1. The fourth-order valence-corrected chi connectivity index (χ4v) is 5.26. The molecule has 1 amide bonds. The van der Waals surface area contributed by atoms with Crippen molar-refractivity contribution in [3.63, 3.8) is 0 Å². The monoisotopic (exact) mass is 390 g/mol. The van der Waals surface area contributed by atoms with Crippen LogP contribution >= 0.6 is 11.3 Å². The number of carbonyl (C=O) groups is 1. The molecule has 0 unspecified atom stereocenters. The zero-order chi connectivity index (χ0) is 18.6. The number of amides is 1. The number of aromatic nitrogens is 1. The maximum atomic E-state index is 13.0. The van der Waals surface area contributed by atoms with E-state index >= 15 is 0 Å². The van der Waals surface area contributed by atoms with Gasteiger partial charge in [-0.15, -0.1) is 11.3 Å². The first-order valence-electron chi connectivity index (χ1n) is 8.16. The van der Waals surface area contributed by atoms with Crippen molar-refractivity contribution in [1.29, 1.82) is 5.26 Å². The molecule has 0 saturated heterocycles. The molecule has 7 nitrogen and oxygen atoms in total. The fourth-order valence-electron chi connectivity index (χ4n) is 2.99. The van der Waals surface area contributed by atoms with E-state index in [0.29, 0.717) is 12.8 Å². The van der Waals surface area contributed by atoms with Gasteiger partial charge in [0, 0.05) is 11.6 Å². The Balaban J connectivity index is 1.86. The van der Waals surface area contributed by atoms with Crippen LogP contribution in [0.25, 0.3) is 0 Å². The van der Waals surface area contributed by atoms with E-state index in [4.69, 9.17) is 0 Å². The van der Waals surface area contributed by atoms with Gasteiger partial charge in [0.1, 0.15) is 12.1 Å². The minimum Gasteiger partial charge on any atom is -0.336 e. The van der Waals surface area contributed by atoms with Crippen molar-refractivity contribution in [1.82, 2.24) is 10.3 Å². The fraction of sp³-hybridized carbons (Fsp3) is 0.353. The lowest BCUT2D eigenvalue weighted by Gasteiger charge is -2.25. The van der Waals surface area contributed by atoms with E-state index < -0.39 is 28.0 Å². The van der Waals surface area contributed by atoms with E-state index in [1.54, 1.807) is 23.6 Å². The number of hydrogen-bond acceptors (Lipinski definition) is 6. The van der Waals surface area contributed by atoms with Crippen LogP contribution in [-0.2, 0) is 14.8 Å². The molecule has 1 aromatic carbocycles. The van der Waals surface area contributed by atoms with Crippen molar-refractivity contribution in [3.05, 3.63) is 41.9 Å². The first-order valence-corrected chi connectivity index (χ1v) is 10.5. The summed E-state index contributed by atoms with van der Waals surface area (Å²) in [6.45, 7) is -0.422. The molecule has 1 saturated carbocycles. The summed E-state index contributed by atoms with van der Waals surface area (Å²) >= 11 is 1.13. The van der Waals surface area contributed by atoms with Crippen molar-refractivity contribution in [2.45, 2.75) is 36.1 Å². The number of nitrogens with one attached hydrogen (secondary N) is 1. The van der Waals surface area contributed by atoms with Gasteiger partial charge in [0.2, 0.25) is 5.91 Å². The summed E-state index contributed by atoms with van der Waals surface area (Å²) in [5, 5.41) is 14.0. The predicted molar refractivity (Wildman–Crippen MR) is 98.0 cm³/mol. The van der Waals surface area contributed by atoms with Crippen LogP contribution in [-0.4, -0.2) is 31.4 Å². The van der Waals surface area contributed by atoms with Crippen molar-refractivity contribution in [3.8, 4) is 6.07 Å². The highest BCUT2D eigenvalue weighted by Crippen LogP contribution is 2.29. The Bertz CT molecular complexity index is 899. The Kier molecular flexibility index (Phi) is 5.25. The third-order valence-electron chi connectivity index (χ3n) is 4.30. The van der Waals surface area contributed by atoms with Gasteiger partial charge in [0.15, 0.2) is 5.13 Å². The quantitative estimate of drug-likeness (QED) is 0.815. The van der Waals surface area contributed by atoms with Gasteiger partial charge in [-0.25, -0.2) is 17.7 Å². The van der Waals surface area contributed by atoms with Crippen molar-refractivity contribution < 1.29 is 13.2 Å². The van der Waals surface area contributed by atoms with Gasteiger partial charge in [0.25, 0.3) is 10.0 Å². The second-order valence-corrected chi connectivity index (χ2v) is 8.82. The smallest absolute Gasteiger partial charge is 0.266 e. The first-order chi connectivity index (χ1) is 12.5. The molecule has 26 heavy (non-hydrogen) atoms. The molecule has 0 aliphatic heterocycles. The van der Waals surface area contributed by atoms with Gasteiger partial charge in [-0.3, -0.25) is 4.79 Å². The lowest BCUT2D eigenvalue weighted by atomic mass is 10.00. The molecule has 2 aromatic rings. The highest BCUT2D eigenvalue weighted by Gasteiger charge is 2.37. The maximum Gasteiger partial charge on any atom is 0.266 e. The Hall–Kier alpha value is -2.44. The zero-order valence-electron chi connectivity index (χ0n) is 14.0. The molecule has 136 valence electrons. The van der Waals surface area contributed by atoms with E-state index in [2.05, 4.69) is 16.4 Å². The minimum absolute atomic E-state index is 0.0823. The summed E-state index contributed by atoms with van der Waals surface area (Å²) in [6.07, 6.45) is 4.38. The number of thiazole rings is 1. The minimum atomic E-state index is -3.94. The van der Waals surface area contributed by atoms with Crippen molar-refractivity contribution in [2.75, 3.05) is 10.8 Å². The number of hydrogen-bond donors (Lipinski definition) is 1. The van der Waals surface area contributed by atoms with E-state index in [0.717, 1.165) is 28.5 Å².